The summed E-state index contributed by atoms with van der Waals surface area (Å²) in [6.45, 7) is 1.66. The lowest BCUT2D eigenvalue weighted by molar-refractivity contribution is -0.150. The number of hydrogen-bond acceptors (Lipinski definition) is 4. The number of ether oxygens (including phenoxy) is 2. The number of nitrogens with two attached hydrogens (primary N) is 1. The van der Waals surface area contributed by atoms with Crippen LogP contribution < -0.4 is 10.5 Å². The Morgan fingerprint density at radius 3 is 2.50 bits per heavy atom. The molecule has 0 unspecified atom stereocenters. The topological polar surface area (TPSA) is 61.5 Å². The predicted octanol–water partition coefficient (Wildman–Crippen LogP) is 2.92. The van der Waals surface area contributed by atoms with Gasteiger partial charge < -0.3 is 15.2 Å². The maximum absolute atomic E-state index is 11.3. The van der Waals surface area contributed by atoms with Crippen LogP contribution in [0.25, 0.3) is 0 Å². The molecule has 18 heavy (non-hydrogen) atoms. The molecule has 1 aromatic carbocycles. The Kier molecular flexibility index (Phi) is 6.02. The zero-order chi connectivity index (χ0) is 13.7. The fourth-order valence-corrected chi connectivity index (χ4v) is 1.65. The Balaban J connectivity index is 2.58. The summed E-state index contributed by atoms with van der Waals surface area (Å²) >= 11 is 17.4. The van der Waals surface area contributed by atoms with Gasteiger partial charge in [-0.05, 0) is 13.0 Å². The number of halogens is 3. The number of carbonyl (C=O) groups is 1. The lowest BCUT2D eigenvalue weighted by Crippen LogP contribution is -2.26. The second-order valence-electron chi connectivity index (χ2n) is 3.52. The van der Waals surface area contributed by atoms with Crippen molar-refractivity contribution < 1.29 is 14.3 Å². The minimum atomic E-state index is -0.532. The summed E-state index contributed by atoms with van der Waals surface area (Å²) in [6.07, 6.45) is -0.356. The Morgan fingerprint density at radius 1 is 1.28 bits per heavy atom. The standard InChI is InChI=1S/C11H12Cl3NO3/c1-6(4-15)18-11(16)5-17-10-3-8(13)7(12)2-9(10)14/h2-3,6H,4-5,15H2,1H3/t6-/m1/s1. The Hall–Kier alpha value is -0.680. The highest BCUT2D eigenvalue weighted by Crippen LogP contribution is 2.33. The van der Waals surface area contributed by atoms with Gasteiger partial charge >= 0.3 is 5.97 Å². The molecule has 1 aromatic rings. The summed E-state index contributed by atoms with van der Waals surface area (Å²) < 4.78 is 10.1. The van der Waals surface area contributed by atoms with Crippen LogP contribution in [0, 0.1) is 0 Å². The van der Waals surface area contributed by atoms with Crippen molar-refractivity contribution in [1.82, 2.24) is 0 Å². The Labute approximate surface area is 120 Å². The number of carbonyl (C=O) groups excluding carboxylic acids is 1. The van der Waals surface area contributed by atoms with E-state index in [0.29, 0.717) is 10.0 Å². The molecule has 0 amide bonds. The van der Waals surface area contributed by atoms with E-state index in [1.807, 2.05) is 0 Å². The first-order chi connectivity index (χ1) is 8.43. The molecule has 0 aliphatic carbocycles. The van der Waals surface area contributed by atoms with Crippen molar-refractivity contribution in [2.45, 2.75) is 13.0 Å². The summed E-state index contributed by atoms with van der Waals surface area (Å²) in [6, 6.07) is 2.88. The molecular weight excluding hydrogens is 300 g/mol. The first-order valence-electron chi connectivity index (χ1n) is 5.11. The largest absolute Gasteiger partial charge is 0.480 e. The first kappa shape index (κ1) is 15.4. The Morgan fingerprint density at radius 2 is 1.89 bits per heavy atom. The molecule has 0 saturated heterocycles. The molecule has 0 saturated carbocycles. The van der Waals surface area contributed by atoms with Crippen molar-refractivity contribution in [3.63, 3.8) is 0 Å². The van der Waals surface area contributed by atoms with Crippen LogP contribution in [0.15, 0.2) is 12.1 Å². The van der Waals surface area contributed by atoms with E-state index in [1.165, 1.54) is 12.1 Å². The van der Waals surface area contributed by atoms with E-state index in [2.05, 4.69) is 0 Å². The third-order valence-corrected chi connectivity index (χ3v) is 3.00. The maximum atomic E-state index is 11.3. The molecule has 0 fully saturated rings. The molecule has 0 aromatic heterocycles. The number of esters is 1. The quantitative estimate of drug-likeness (QED) is 0.671. The molecule has 2 N–H and O–H groups in total. The van der Waals surface area contributed by atoms with Gasteiger partial charge in [0.2, 0.25) is 0 Å². The van der Waals surface area contributed by atoms with Crippen LogP contribution in [-0.4, -0.2) is 25.2 Å². The van der Waals surface area contributed by atoms with Gasteiger partial charge in [-0.2, -0.15) is 0 Å². The average molecular weight is 313 g/mol. The minimum Gasteiger partial charge on any atom is -0.480 e. The highest BCUT2D eigenvalue weighted by Gasteiger charge is 2.12. The summed E-state index contributed by atoms with van der Waals surface area (Å²) in [7, 11) is 0. The third kappa shape index (κ3) is 4.53. The van der Waals surface area contributed by atoms with Gasteiger partial charge in [0.25, 0.3) is 0 Å². The average Bonchev–Trinajstić information content (AvgIpc) is 2.32. The van der Waals surface area contributed by atoms with Crippen LogP contribution in [-0.2, 0) is 9.53 Å². The molecule has 0 bridgehead atoms. The van der Waals surface area contributed by atoms with E-state index in [9.17, 15) is 4.79 Å². The van der Waals surface area contributed by atoms with Crippen LogP contribution >= 0.6 is 34.8 Å². The third-order valence-electron chi connectivity index (χ3n) is 1.98. The van der Waals surface area contributed by atoms with E-state index in [1.54, 1.807) is 6.92 Å². The van der Waals surface area contributed by atoms with Crippen molar-refractivity contribution in [2.24, 2.45) is 5.73 Å². The predicted molar refractivity (Wildman–Crippen MR) is 71.6 cm³/mol. The summed E-state index contributed by atoms with van der Waals surface area (Å²) in [5.41, 5.74) is 5.32. The van der Waals surface area contributed by atoms with E-state index in [-0.39, 0.29) is 30.0 Å². The molecule has 1 atom stereocenters. The van der Waals surface area contributed by atoms with E-state index in [0.717, 1.165) is 0 Å². The van der Waals surface area contributed by atoms with E-state index < -0.39 is 5.97 Å². The fourth-order valence-electron chi connectivity index (χ4n) is 1.06. The molecule has 4 nitrogen and oxygen atoms in total. The summed E-state index contributed by atoms with van der Waals surface area (Å²) in [5.74, 6) is -0.265. The summed E-state index contributed by atoms with van der Waals surface area (Å²) in [5, 5.41) is 0.872. The van der Waals surface area contributed by atoms with E-state index >= 15 is 0 Å². The van der Waals surface area contributed by atoms with Crippen LogP contribution in [0.2, 0.25) is 15.1 Å². The van der Waals surface area contributed by atoms with Crippen LogP contribution in [0.3, 0.4) is 0 Å². The lowest BCUT2D eigenvalue weighted by atomic mass is 10.3. The second kappa shape index (κ2) is 7.04. The molecule has 0 aliphatic heterocycles. The zero-order valence-corrected chi connectivity index (χ0v) is 11.9. The molecule has 0 spiro atoms. The van der Waals surface area contributed by atoms with Crippen molar-refractivity contribution in [3.05, 3.63) is 27.2 Å². The number of hydrogen-bond donors (Lipinski definition) is 1. The highest BCUT2D eigenvalue weighted by atomic mass is 35.5. The fraction of sp³-hybridized carbons (Fsp3) is 0.364. The van der Waals surface area contributed by atoms with Gasteiger partial charge in [-0.25, -0.2) is 4.79 Å². The normalized spacial score (nSPS) is 12.1. The zero-order valence-electron chi connectivity index (χ0n) is 9.58. The smallest absolute Gasteiger partial charge is 0.344 e. The minimum absolute atomic E-state index is 0.249. The monoisotopic (exact) mass is 311 g/mol. The van der Waals surface area contributed by atoms with Crippen molar-refractivity contribution in [1.29, 1.82) is 0 Å². The van der Waals surface area contributed by atoms with Crippen LogP contribution in [0.4, 0.5) is 0 Å². The van der Waals surface area contributed by atoms with Gasteiger partial charge in [-0.15, -0.1) is 0 Å². The first-order valence-corrected chi connectivity index (χ1v) is 6.24. The Bertz CT molecular complexity index is 440. The van der Waals surface area contributed by atoms with Crippen LogP contribution in [0.5, 0.6) is 5.75 Å². The molecule has 0 radical (unpaired) electrons. The maximum Gasteiger partial charge on any atom is 0.344 e. The van der Waals surface area contributed by atoms with Gasteiger partial charge in [0.05, 0.1) is 15.1 Å². The second-order valence-corrected chi connectivity index (χ2v) is 4.74. The molecule has 1 rings (SSSR count). The van der Waals surface area contributed by atoms with Crippen molar-refractivity contribution in [3.8, 4) is 5.75 Å². The van der Waals surface area contributed by atoms with Gasteiger partial charge in [-0.3, -0.25) is 0 Å². The molecule has 0 heterocycles. The molecule has 7 heteroatoms. The molecule has 100 valence electrons. The van der Waals surface area contributed by atoms with Gasteiger partial charge in [-0.1, -0.05) is 34.8 Å². The van der Waals surface area contributed by atoms with Crippen molar-refractivity contribution >= 4 is 40.8 Å². The van der Waals surface area contributed by atoms with Crippen LogP contribution in [0.1, 0.15) is 6.92 Å². The van der Waals surface area contributed by atoms with Gasteiger partial charge in [0.1, 0.15) is 11.9 Å². The molecular formula is C11H12Cl3NO3. The molecule has 0 aliphatic rings. The lowest BCUT2D eigenvalue weighted by Gasteiger charge is -2.12. The summed E-state index contributed by atoms with van der Waals surface area (Å²) in [4.78, 5) is 11.3. The van der Waals surface area contributed by atoms with Gasteiger partial charge in [0.15, 0.2) is 6.61 Å². The number of benzene rings is 1. The highest BCUT2D eigenvalue weighted by molar-refractivity contribution is 6.43. The van der Waals surface area contributed by atoms with Gasteiger partial charge in [0, 0.05) is 12.6 Å². The van der Waals surface area contributed by atoms with E-state index in [4.69, 9.17) is 50.0 Å². The van der Waals surface area contributed by atoms with Crippen molar-refractivity contribution in [2.75, 3.05) is 13.2 Å². The number of rotatable bonds is 5. The SMILES string of the molecule is C[C@H](CN)OC(=O)COc1cc(Cl)c(Cl)cc1Cl.